The molecule has 1 aromatic carbocycles. The number of methoxy groups -OCH3 is 1. The van der Waals surface area contributed by atoms with E-state index in [1.807, 2.05) is 36.7 Å². The van der Waals surface area contributed by atoms with Crippen LogP contribution in [0.25, 0.3) is 0 Å². The maximum atomic E-state index is 6.13. The first-order chi connectivity index (χ1) is 8.52. The minimum atomic E-state index is 0.696. The van der Waals surface area contributed by atoms with Gasteiger partial charge in [-0.2, -0.15) is 5.10 Å². The van der Waals surface area contributed by atoms with Gasteiger partial charge in [-0.1, -0.05) is 17.7 Å². The van der Waals surface area contributed by atoms with Crippen LogP contribution in [0.1, 0.15) is 17.0 Å². The third kappa shape index (κ3) is 2.54. The molecule has 3 nitrogen and oxygen atoms in total. The maximum Gasteiger partial charge on any atom is 0.133 e. The number of hydrogen-bond acceptors (Lipinski definition) is 2. The highest BCUT2D eigenvalue weighted by Crippen LogP contribution is 2.26. The van der Waals surface area contributed by atoms with Crippen molar-refractivity contribution in [2.45, 2.75) is 20.4 Å². The van der Waals surface area contributed by atoms with Crippen LogP contribution in [0.5, 0.6) is 5.75 Å². The van der Waals surface area contributed by atoms with Crippen LogP contribution in [0.3, 0.4) is 0 Å². The van der Waals surface area contributed by atoms with Crippen LogP contribution in [0.15, 0.2) is 22.7 Å². The highest BCUT2D eigenvalue weighted by atomic mass is 79.9. The van der Waals surface area contributed by atoms with Crippen LogP contribution >= 0.6 is 27.5 Å². The zero-order valence-electron chi connectivity index (χ0n) is 10.5. The second-order valence-corrected chi connectivity index (χ2v) is 5.34. The van der Waals surface area contributed by atoms with Crippen LogP contribution < -0.4 is 4.74 Å². The largest absolute Gasteiger partial charge is 0.496 e. The Labute approximate surface area is 120 Å². The minimum Gasteiger partial charge on any atom is -0.496 e. The lowest BCUT2D eigenvalue weighted by Gasteiger charge is -2.08. The molecule has 2 rings (SSSR count). The summed E-state index contributed by atoms with van der Waals surface area (Å²) in [6, 6.07) is 5.99. The molecule has 18 heavy (non-hydrogen) atoms. The van der Waals surface area contributed by atoms with E-state index >= 15 is 0 Å². The van der Waals surface area contributed by atoms with Gasteiger partial charge in [0.15, 0.2) is 0 Å². The van der Waals surface area contributed by atoms with Gasteiger partial charge in [0.2, 0.25) is 0 Å². The molecule has 0 unspecified atom stereocenters. The van der Waals surface area contributed by atoms with Gasteiger partial charge in [-0.05, 0) is 47.5 Å². The van der Waals surface area contributed by atoms with Gasteiger partial charge in [-0.3, -0.25) is 4.68 Å². The summed E-state index contributed by atoms with van der Waals surface area (Å²) < 4.78 is 8.06. The molecular weight excluding hydrogens is 316 g/mol. The molecule has 0 aliphatic rings. The summed E-state index contributed by atoms with van der Waals surface area (Å²) in [5.74, 6) is 0.824. The number of halogens is 2. The number of ether oxygens (including phenoxy) is 1. The Balaban J connectivity index is 2.28. The number of benzene rings is 1. The molecule has 96 valence electrons. The van der Waals surface area contributed by atoms with E-state index in [4.69, 9.17) is 16.3 Å². The first kappa shape index (κ1) is 13.4. The predicted molar refractivity (Wildman–Crippen MR) is 76.5 cm³/mol. The van der Waals surface area contributed by atoms with Crippen LogP contribution in [-0.2, 0) is 6.54 Å². The summed E-state index contributed by atoms with van der Waals surface area (Å²) in [7, 11) is 1.65. The molecule has 0 aliphatic carbocycles. The molecular formula is C13H14BrClN2O. The molecule has 5 heteroatoms. The van der Waals surface area contributed by atoms with Crippen molar-refractivity contribution in [2.75, 3.05) is 7.11 Å². The highest BCUT2D eigenvalue weighted by Gasteiger charge is 2.10. The SMILES string of the molecule is COc1ccc(Cn2nc(C)c(Cl)c2C)cc1Br. The quantitative estimate of drug-likeness (QED) is 0.852. The lowest BCUT2D eigenvalue weighted by Crippen LogP contribution is -2.04. The molecule has 2 aromatic rings. The summed E-state index contributed by atoms with van der Waals surface area (Å²) in [5, 5.41) is 5.15. The second-order valence-electron chi connectivity index (χ2n) is 4.11. The standard InChI is InChI=1S/C13H14BrClN2O/c1-8-13(15)9(2)17(16-8)7-10-4-5-12(18-3)11(14)6-10/h4-6H,7H2,1-3H3. The minimum absolute atomic E-state index is 0.696. The van der Waals surface area contributed by atoms with Crippen molar-refractivity contribution in [3.8, 4) is 5.75 Å². The van der Waals surface area contributed by atoms with Gasteiger partial charge in [0.25, 0.3) is 0 Å². The number of hydrogen-bond donors (Lipinski definition) is 0. The molecule has 0 amide bonds. The van der Waals surface area contributed by atoms with E-state index < -0.39 is 0 Å². The van der Waals surface area contributed by atoms with Crippen LogP contribution in [-0.4, -0.2) is 16.9 Å². The molecule has 0 bridgehead atoms. The summed E-state index contributed by atoms with van der Waals surface area (Å²) in [6.45, 7) is 4.58. The smallest absolute Gasteiger partial charge is 0.133 e. The van der Waals surface area contributed by atoms with E-state index in [0.29, 0.717) is 6.54 Å². The Hall–Kier alpha value is -1.000. The van der Waals surface area contributed by atoms with Gasteiger partial charge in [-0.25, -0.2) is 0 Å². The third-order valence-corrected chi connectivity index (χ3v) is 4.01. The van der Waals surface area contributed by atoms with Crippen molar-refractivity contribution in [3.63, 3.8) is 0 Å². The zero-order chi connectivity index (χ0) is 13.3. The summed E-state index contributed by atoms with van der Waals surface area (Å²) in [4.78, 5) is 0. The van der Waals surface area contributed by atoms with Crippen LogP contribution in [0, 0.1) is 13.8 Å². The Morgan fingerprint density at radius 3 is 2.61 bits per heavy atom. The average Bonchev–Trinajstić information content (AvgIpc) is 2.57. The van der Waals surface area contributed by atoms with Gasteiger partial charge in [-0.15, -0.1) is 0 Å². The maximum absolute atomic E-state index is 6.13. The Bertz CT molecular complexity index is 581. The van der Waals surface area contributed by atoms with E-state index in [-0.39, 0.29) is 0 Å². The van der Waals surface area contributed by atoms with Gasteiger partial charge >= 0.3 is 0 Å². The van der Waals surface area contributed by atoms with Gasteiger partial charge in [0.05, 0.1) is 34.5 Å². The van der Waals surface area contributed by atoms with E-state index in [0.717, 1.165) is 32.2 Å². The fourth-order valence-corrected chi connectivity index (χ4v) is 2.53. The first-order valence-corrected chi connectivity index (χ1v) is 6.72. The van der Waals surface area contributed by atoms with Crippen molar-refractivity contribution < 1.29 is 4.74 Å². The molecule has 0 fully saturated rings. The zero-order valence-corrected chi connectivity index (χ0v) is 12.8. The molecule has 0 saturated carbocycles. The highest BCUT2D eigenvalue weighted by molar-refractivity contribution is 9.10. The van der Waals surface area contributed by atoms with Crippen molar-refractivity contribution in [3.05, 3.63) is 44.6 Å². The molecule has 0 radical (unpaired) electrons. The molecule has 0 aliphatic heterocycles. The van der Waals surface area contributed by atoms with Crippen molar-refractivity contribution in [1.29, 1.82) is 0 Å². The van der Waals surface area contributed by atoms with E-state index in [1.165, 1.54) is 0 Å². The predicted octanol–water partition coefficient (Wildman–Crippen LogP) is 3.97. The fourth-order valence-electron chi connectivity index (χ4n) is 1.81. The molecule has 1 aromatic heterocycles. The number of nitrogens with zero attached hydrogens (tertiary/aromatic N) is 2. The van der Waals surface area contributed by atoms with E-state index in [1.54, 1.807) is 7.11 Å². The first-order valence-electron chi connectivity index (χ1n) is 5.55. The lowest BCUT2D eigenvalue weighted by atomic mass is 10.2. The van der Waals surface area contributed by atoms with Gasteiger partial charge in [0.1, 0.15) is 5.75 Å². The third-order valence-electron chi connectivity index (χ3n) is 2.84. The van der Waals surface area contributed by atoms with Crippen LogP contribution in [0.4, 0.5) is 0 Å². The number of aryl methyl sites for hydroxylation is 1. The summed E-state index contributed by atoms with van der Waals surface area (Å²) >= 11 is 9.61. The fraction of sp³-hybridized carbons (Fsp3) is 0.308. The molecule has 0 atom stereocenters. The molecule has 1 heterocycles. The van der Waals surface area contributed by atoms with Gasteiger partial charge < -0.3 is 4.74 Å². The molecule has 0 saturated heterocycles. The lowest BCUT2D eigenvalue weighted by molar-refractivity contribution is 0.412. The second kappa shape index (κ2) is 5.33. The van der Waals surface area contributed by atoms with E-state index in [9.17, 15) is 0 Å². The molecule has 0 N–H and O–H groups in total. The summed E-state index contributed by atoms with van der Waals surface area (Å²) in [5.41, 5.74) is 2.99. The number of rotatable bonds is 3. The normalized spacial score (nSPS) is 10.7. The van der Waals surface area contributed by atoms with Crippen LogP contribution in [0.2, 0.25) is 5.02 Å². The Morgan fingerprint density at radius 1 is 1.39 bits per heavy atom. The average molecular weight is 330 g/mol. The van der Waals surface area contributed by atoms with E-state index in [2.05, 4.69) is 21.0 Å². The topological polar surface area (TPSA) is 27.1 Å². The van der Waals surface area contributed by atoms with Gasteiger partial charge in [0, 0.05) is 0 Å². The number of aromatic nitrogens is 2. The van der Waals surface area contributed by atoms with Crippen molar-refractivity contribution in [1.82, 2.24) is 9.78 Å². The van der Waals surface area contributed by atoms with Crippen molar-refractivity contribution in [2.24, 2.45) is 0 Å². The monoisotopic (exact) mass is 328 g/mol. The Morgan fingerprint density at radius 2 is 2.11 bits per heavy atom. The summed E-state index contributed by atoms with van der Waals surface area (Å²) in [6.07, 6.45) is 0. The van der Waals surface area contributed by atoms with Crippen molar-refractivity contribution >= 4 is 27.5 Å². The Kier molecular flexibility index (Phi) is 3.97. The molecule has 0 spiro atoms.